The second-order valence-corrected chi connectivity index (χ2v) is 3.39. The predicted molar refractivity (Wildman–Crippen MR) is 64.0 cm³/mol. The van der Waals surface area contributed by atoms with Crippen LogP contribution in [0.25, 0.3) is 10.9 Å². The van der Waals surface area contributed by atoms with Crippen molar-refractivity contribution in [3.05, 3.63) is 36.0 Å². The molecule has 16 heavy (non-hydrogen) atoms. The summed E-state index contributed by atoms with van der Waals surface area (Å²) in [7, 11) is 0. The monoisotopic (exact) mass is 212 g/mol. The quantitative estimate of drug-likeness (QED) is 0.808. The second-order valence-electron chi connectivity index (χ2n) is 3.39. The van der Waals surface area contributed by atoms with Crippen molar-refractivity contribution in [3.63, 3.8) is 0 Å². The molecular formula is C12H12N4. The van der Waals surface area contributed by atoms with Gasteiger partial charge in [-0.05, 0) is 6.07 Å². The van der Waals surface area contributed by atoms with E-state index >= 15 is 0 Å². The zero-order chi connectivity index (χ0) is 11.4. The van der Waals surface area contributed by atoms with Crippen molar-refractivity contribution in [2.45, 2.75) is 0 Å². The highest BCUT2D eigenvalue weighted by Gasteiger charge is 2.06. The zero-order valence-electron chi connectivity index (χ0n) is 8.77. The van der Waals surface area contributed by atoms with Gasteiger partial charge in [-0.2, -0.15) is 5.26 Å². The Hall–Kier alpha value is -2.12. The van der Waals surface area contributed by atoms with Gasteiger partial charge < -0.3 is 11.1 Å². The van der Waals surface area contributed by atoms with Crippen molar-refractivity contribution in [2.75, 3.05) is 18.4 Å². The Morgan fingerprint density at radius 1 is 1.38 bits per heavy atom. The van der Waals surface area contributed by atoms with Crippen molar-refractivity contribution in [1.82, 2.24) is 4.98 Å². The van der Waals surface area contributed by atoms with Gasteiger partial charge in [0.15, 0.2) is 0 Å². The molecule has 1 aromatic heterocycles. The van der Waals surface area contributed by atoms with E-state index in [1.54, 1.807) is 6.20 Å². The van der Waals surface area contributed by atoms with Crippen LogP contribution in [0.2, 0.25) is 0 Å². The van der Waals surface area contributed by atoms with Gasteiger partial charge in [-0.1, -0.05) is 18.2 Å². The first kappa shape index (κ1) is 10.4. The minimum absolute atomic E-state index is 0.529. The zero-order valence-corrected chi connectivity index (χ0v) is 8.77. The van der Waals surface area contributed by atoms with Crippen LogP contribution < -0.4 is 11.1 Å². The number of para-hydroxylation sites is 1. The fourth-order valence-electron chi connectivity index (χ4n) is 1.61. The highest BCUT2D eigenvalue weighted by molar-refractivity contribution is 5.93. The lowest BCUT2D eigenvalue weighted by molar-refractivity contribution is 1.02. The third-order valence-electron chi connectivity index (χ3n) is 2.34. The Morgan fingerprint density at radius 2 is 2.19 bits per heavy atom. The molecule has 0 saturated carbocycles. The summed E-state index contributed by atoms with van der Waals surface area (Å²) in [6.45, 7) is 1.17. The number of nitrogens with one attached hydrogen (secondary N) is 1. The van der Waals surface area contributed by atoms with Crippen molar-refractivity contribution in [3.8, 4) is 6.07 Å². The fourth-order valence-corrected chi connectivity index (χ4v) is 1.61. The molecule has 0 aliphatic carbocycles. The van der Waals surface area contributed by atoms with Gasteiger partial charge in [0, 0.05) is 24.7 Å². The van der Waals surface area contributed by atoms with E-state index in [-0.39, 0.29) is 0 Å². The molecule has 3 N–H and O–H groups in total. The van der Waals surface area contributed by atoms with Gasteiger partial charge >= 0.3 is 0 Å². The van der Waals surface area contributed by atoms with E-state index in [0.717, 1.165) is 16.6 Å². The summed E-state index contributed by atoms with van der Waals surface area (Å²) in [5.41, 5.74) is 7.69. The van der Waals surface area contributed by atoms with Crippen LogP contribution in [0.5, 0.6) is 0 Å². The number of hydrogen-bond donors (Lipinski definition) is 2. The van der Waals surface area contributed by atoms with Crippen LogP contribution in [-0.4, -0.2) is 18.1 Å². The Balaban J connectivity index is 2.60. The maximum Gasteiger partial charge on any atom is 0.103 e. The number of fused-ring (bicyclic) bond motifs is 1. The number of benzene rings is 1. The Morgan fingerprint density at radius 3 is 2.94 bits per heavy atom. The number of aromatic nitrogens is 1. The summed E-state index contributed by atoms with van der Waals surface area (Å²) in [5, 5.41) is 13.1. The summed E-state index contributed by atoms with van der Waals surface area (Å²) in [4.78, 5) is 4.23. The molecule has 0 fully saturated rings. The van der Waals surface area contributed by atoms with Gasteiger partial charge in [0.05, 0.1) is 16.8 Å². The highest BCUT2D eigenvalue weighted by atomic mass is 14.9. The molecular weight excluding hydrogens is 200 g/mol. The first-order chi connectivity index (χ1) is 7.86. The number of nitriles is 1. The van der Waals surface area contributed by atoms with E-state index in [4.69, 9.17) is 11.0 Å². The molecule has 1 heterocycles. The van der Waals surface area contributed by atoms with Crippen LogP contribution in [0.15, 0.2) is 30.5 Å². The molecule has 2 aromatic rings. The number of nitrogens with two attached hydrogens (primary N) is 1. The van der Waals surface area contributed by atoms with Crippen molar-refractivity contribution in [2.24, 2.45) is 5.73 Å². The molecule has 0 aliphatic heterocycles. The Kier molecular flexibility index (Phi) is 2.99. The topological polar surface area (TPSA) is 74.7 Å². The minimum atomic E-state index is 0.529. The fraction of sp³-hybridized carbons (Fsp3) is 0.167. The van der Waals surface area contributed by atoms with Gasteiger partial charge in [0.1, 0.15) is 6.07 Å². The summed E-state index contributed by atoms with van der Waals surface area (Å²) >= 11 is 0. The molecule has 1 aromatic carbocycles. The molecule has 0 aliphatic rings. The maximum atomic E-state index is 9.02. The van der Waals surface area contributed by atoms with Gasteiger partial charge in [-0.3, -0.25) is 4.98 Å². The largest absolute Gasteiger partial charge is 0.382 e. The molecule has 80 valence electrons. The van der Waals surface area contributed by atoms with Gasteiger partial charge in [-0.25, -0.2) is 0 Å². The van der Waals surface area contributed by atoms with Gasteiger partial charge in [-0.15, -0.1) is 0 Å². The lowest BCUT2D eigenvalue weighted by Gasteiger charge is -2.09. The SMILES string of the molecule is N#Cc1cnc2ccccc2c1NCCN. The van der Waals surface area contributed by atoms with Gasteiger partial charge in [0.2, 0.25) is 0 Å². The summed E-state index contributed by atoms with van der Waals surface area (Å²) in [5.74, 6) is 0. The third-order valence-corrected chi connectivity index (χ3v) is 2.34. The number of anilines is 1. The normalized spacial score (nSPS) is 10.0. The Bertz CT molecular complexity index is 542. The van der Waals surface area contributed by atoms with Crippen molar-refractivity contribution < 1.29 is 0 Å². The first-order valence-corrected chi connectivity index (χ1v) is 5.08. The van der Waals surface area contributed by atoms with Crippen LogP contribution in [0.1, 0.15) is 5.56 Å². The van der Waals surface area contributed by atoms with Crippen molar-refractivity contribution >= 4 is 16.6 Å². The lowest BCUT2D eigenvalue weighted by atomic mass is 10.1. The minimum Gasteiger partial charge on any atom is -0.382 e. The van der Waals surface area contributed by atoms with E-state index in [2.05, 4.69) is 16.4 Å². The molecule has 0 atom stereocenters. The van der Waals surface area contributed by atoms with Crippen LogP contribution in [0, 0.1) is 11.3 Å². The molecule has 4 heteroatoms. The van der Waals surface area contributed by atoms with Crippen LogP contribution in [0.3, 0.4) is 0 Å². The summed E-state index contributed by atoms with van der Waals surface area (Å²) in [6.07, 6.45) is 1.58. The molecule has 0 saturated heterocycles. The van der Waals surface area contributed by atoms with E-state index in [1.807, 2.05) is 24.3 Å². The second kappa shape index (κ2) is 4.60. The number of rotatable bonds is 3. The van der Waals surface area contributed by atoms with E-state index in [9.17, 15) is 0 Å². The van der Waals surface area contributed by atoms with E-state index < -0.39 is 0 Å². The maximum absolute atomic E-state index is 9.02. The number of pyridine rings is 1. The molecule has 0 bridgehead atoms. The van der Waals surface area contributed by atoms with E-state index in [1.165, 1.54) is 0 Å². The van der Waals surface area contributed by atoms with Crippen LogP contribution >= 0.6 is 0 Å². The highest BCUT2D eigenvalue weighted by Crippen LogP contribution is 2.24. The number of hydrogen-bond acceptors (Lipinski definition) is 4. The average molecular weight is 212 g/mol. The third kappa shape index (κ3) is 1.81. The van der Waals surface area contributed by atoms with E-state index in [0.29, 0.717) is 18.7 Å². The molecule has 0 unspecified atom stereocenters. The summed E-state index contributed by atoms with van der Waals surface area (Å²) < 4.78 is 0. The standard InChI is InChI=1S/C12H12N4/c13-5-6-15-12-9(7-14)8-16-11-4-2-1-3-10(11)12/h1-4,8H,5-6,13H2,(H,15,16). The number of nitrogens with zero attached hydrogens (tertiary/aromatic N) is 2. The van der Waals surface area contributed by atoms with Crippen LogP contribution in [-0.2, 0) is 0 Å². The molecule has 0 radical (unpaired) electrons. The smallest absolute Gasteiger partial charge is 0.103 e. The molecule has 0 spiro atoms. The summed E-state index contributed by atoms with van der Waals surface area (Å²) in [6, 6.07) is 9.85. The molecule has 0 amide bonds. The Labute approximate surface area is 93.7 Å². The van der Waals surface area contributed by atoms with Crippen LogP contribution in [0.4, 0.5) is 5.69 Å². The lowest BCUT2D eigenvalue weighted by Crippen LogP contribution is -2.14. The predicted octanol–water partition coefficient (Wildman–Crippen LogP) is 1.48. The van der Waals surface area contributed by atoms with Crippen molar-refractivity contribution in [1.29, 1.82) is 5.26 Å². The van der Waals surface area contributed by atoms with Gasteiger partial charge in [0.25, 0.3) is 0 Å². The molecule has 4 nitrogen and oxygen atoms in total. The molecule has 2 rings (SSSR count). The average Bonchev–Trinajstić information content (AvgIpc) is 2.35. The first-order valence-electron chi connectivity index (χ1n) is 5.08.